The molecule has 0 saturated carbocycles. The monoisotopic (exact) mass is 420 g/mol. The number of hydrogen-bond donors (Lipinski definition) is 4. The largest absolute Gasteiger partial charge is 2.00 e. The summed E-state index contributed by atoms with van der Waals surface area (Å²) in [5.74, 6) is 0. The van der Waals surface area contributed by atoms with Crippen molar-refractivity contribution in [2.75, 3.05) is 41.3 Å². The van der Waals surface area contributed by atoms with Gasteiger partial charge in [-0.05, 0) is 28.2 Å². The van der Waals surface area contributed by atoms with Crippen LogP contribution in [0.15, 0.2) is 0 Å². The second kappa shape index (κ2) is 22.3. The minimum absolute atomic E-state index is 0. The van der Waals surface area contributed by atoms with Crippen LogP contribution in [0, 0.1) is 0 Å². The van der Waals surface area contributed by atoms with Gasteiger partial charge in [0.25, 0.3) is 0 Å². The maximum absolute atomic E-state index is 9.31. The van der Waals surface area contributed by atoms with E-state index in [1.54, 1.807) is 41.0 Å². The normalized spacial score (nSPS) is 7.33. The molecule has 0 unspecified atom stereocenters. The van der Waals surface area contributed by atoms with Crippen LogP contribution in [0.1, 0.15) is 0 Å². The Morgan fingerprint density at radius 1 is 0.905 bits per heavy atom. The fraction of sp³-hybridized carbons (Fsp3) is 0.600. The van der Waals surface area contributed by atoms with Crippen LogP contribution in [0.2, 0.25) is 0 Å². The fourth-order valence-corrected chi connectivity index (χ4v) is 0.767. The predicted octanol–water partition coefficient (Wildman–Crippen LogP) is -0.177. The van der Waals surface area contributed by atoms with Crippen molar-refractivity contribution in [1.82, 2.24) is 20.4 Å². The standard InChI is InChI=1S/C4H8N2S4.2C3H6NO.Zn/c7-3(8)5-1-2-6-4(9)10;2*1-4(2)3-5;/h1-2H2,(H2,5,7,8)(H2,6,9,10);2*1-2H3;/q;2*-1;+2. The van der Waals surface area contributed by atoms with E-state index in [9.17, 15) is 9.59 Å². The van der Waals surface area contributed by atoms with Gasteiger partial charge in [-0.3, -0.25) is 0 Å². The van der Waals surface area contributed by atoms with Crippen molar-refractivity contribution in [2.45, 2.75) is 0 Å². The molecule has 0 rings (SSSR count). The van der Waals surface area contributed by atoms with E-state index < -0.39 is 0 Å². The van der Waals surface area contributed by atoms with Gasteiger partial charge in [0.15, 0.2) is 0 Å². The van der Waals surface area contributed by atoms with E-state index in [4.69, 9.17) is 0 Å². The summed E-state index contributed by atoms with van der Waals surface area (Å²) in [5, 5.41) is 5.68. The molecule has 0 aromatic rings. The average molecular weight is 422 g/mol. The quantitative estimate of drug-likeness (QED) is 0.123. The second-order valence-electron chi connectivity index (χ2n) is 3.44. The Kier molecular flexibility index (Phi) is 30.9. The maximum Gasteiger partial charge on any atom is 2.00 e. The summed E-state index contributed by atoms with van der Waals surface area (Å²) in [6.45, 7) is 1.42. The summed E-state index contributed by atoms with van der Waals surface area (Å²) < 4.78 is 0.985. The first-order valence-corrected chi connectivity index (χ1v) is 6.92. The van der Waals surface area contributed by atoms with Gasteiger partial charge in [0.1, 0.15) is 8.64 Å². The first-order chi connectivity index (χ1) is 9.17. The maximum atomic E-state index is 9.31. The molecule has 0 aromatic carbocycles. The molecule has 0 atom stereocenters. The van der Waals surface area contributed by atoms with Gasteiger partial charge in [0.2, 0.25) is 0 Å². The van der Waals surface area contributed by atoms with E-state index in [0.29, 0.717) is 21.7 Å². The molecule has 0 saturated heterocycles. The van der Waals surface area contributed by atoms with Crippen molar-refractivity contribution in [2.24, 2.45) is 0 Å². The Labute approximate surface area is 161 Å². The van der Waals surface area contributed by atoms with Gasteiger partial charge in [-0.25, -0.2) is 0 Å². The zero-order chi connectivity index (χ0) is 16.6. The van der Waals surface area contributed by atoms with Gasteiger partial charge < -0.3 is 30.0 Å². The first-order valence-electron chi connectivity index (χ1n) is 5.21. The molecular weight excluding hydrogens is 402 g/mol. The zero-order valence-corrected chi connectivity index (χ0v) is 18.9. The van der Waals surface area contributed by atoms with Crippen LogP contribution in [0.4, 0.5) is 0 Å². The molecule has 2 amide bonds. The number of thiocarbonyl (C=S) groups is 2. The van der Waals surface area contributed by atoms with E-state index in [0.717, 1.165) is 0 Å². The van der Waals surface area contributed by atoms with Crippen LogP contribution in [0.5, 0.6) is 0 Å². The average Bonchev–Trinajstić information content (AvgIpc) is 2.35. The van der Waals surface area contributed by atoms with Crippen LogP contribution < -0.4 is 10.6 Å². The Bertz CT molecular complexity index is 266. The molecule has 0 spiro atoms. The van der Waals surface area contributed by atoms with Crippen molar-refractivity contribution >= 4 is 71.2 Å². The van der Waals surface area contributed by atoms with Crippen LogP contribution >= 0.6 is 49.7 Å². The Hall–Kier alpha value is 0.0434. The zero-order valence-electron chi connectivity index (χ0n) is 12.5. The molecule has 11 heteroatoms. The van der Waals surface area contributed by atoms with Gasteiger partial charge >= 0.3 is 19.5 Å². The summed E-state index contributed by atoms with van der Waals surface area (Å²) in [4.78, 5) is 21.2. The van der Waals surface area contributed by atoms with Gasteiger partial charge in [0, 0.05) is 13.1 Å². The molecule has 2 N–H and O–H groups in total. The topological polar surface area (TPSA) is 64.7 Å². The van der Waals surface area contributed by atoms with Crippen molar-refractivity contribution in [3.8, 4) is 0 Å². The third-order valence-electron chi connectivity index (χ3n) is 1.04. The number of nitrogens with zero attached hydrogens (tertiary/aromatic N) is 2. The van der Waals surface area contributed by atoms with Crippen LogP contribution in [0.3, 0.4) is 0 Å². The number of nitrogens with one attached hydrogen (secondary N) is 2. The minimum Gasteiger partial charge on any atom is -0.522 e. The molecule has 0 heterocycles. The molecule has 6 nitrogen and oxygen atoms in total. The molecular formula is C10H20N4O2S4Zn. The third-order valence-corrected chi connectivity index (χ3v) is 1.65. The molecule has 118 valence electrons. The van der Waals surface area contributed by atoms with Gasteiger partial charge in [0.05, 0.1) is 0 Å². The van der Waals surface area contributed by atoms with Crippen LogP contribution in [-0.4, -0.2) is 72.5 Å². The molecule has 0 fully saturated rings. The van der Waals surface area contributed by atoms with Crippen molar-refractivity contribution in [3.63, 3.8) is 0 Å². The predicted molar refractivity (Wildman–Crippen MR) is 97.9 cm³/mol. The van der Waals surface area contributed by atoms with Gasteiger partial charge in [-0.2, -0.15) is 12.8 Å². The van der Waals surface area contributed by atoms with E-state index in [1.807, 2.05) is 0 Å². The number of rotatable bonds is 5. The van der Waals surface area contributed by atoms with E-state index in [1.165, 1.54) is 9.80 Å². The van der Waals surface area contributed by atoms with E-state index in [-0.39, 0.29) is 19.5 Å². The minimum atomic E-state index is 0. The summed E-state index contributed by atoms with van der Waals surface area (Å²) in [6.07, 6.45) is 3.22. The SMILES string of the molecule is CN(C)[C-]=O.CN(C)[C-]=O.S=C(S)NCCNC(=S)S.[Zn+2]. The molecule has 0 aliphatic rings. The van der Waals surface area contributed by atoms with E-state index >= 15 is 0 Å². The number of thiol groups is 2. The Morgan fingerprint density at radius 3 is 1.19 bits per heavy atom. The molecule has 0 aliphatic heterocycles. The van der Waals surface area contributed by atoms with Crippen LogP contribution in [-0.2, 0) is 29.1 Å². The molecule has 21 heavy (non-hydrogen) atoms. The number of carbonyl (C=O) groups excluding carboxylic acids is 2. The molecule has 0 aromatic heterocycles. The summed E-state index contributed by atoms with van der Waals surface area (Å²) >= 11 is 17.0. The smallest absolute Gasteiger partial charge is 0.522 e. The molecule has 0 aliphatic carbocycles. The van der Waals surface area contributed by atoms with Crippen molar-refractivity contribution < 1.29 is 29.1 Å². The summed E-state index contributed by atoms with van der Waals surface area (Å²) in [5.41, 5.74) is 0. The molecule has 0 bridgehead atoms. The third kappa shape index (κ3) is 53.5. The first kappa shape index (κ1) is 29.1. The van der Waals surface area contributed by atoms with Crippen LogP contribution in [0.25, 0.3) is 0 Å². The number of amides is 2. The Balaban J connectivity index is -0.000000112. The van der Waals surface area contributed by atoms with Crippen molar-refractivity contribution in [3.05, 3.63) is 0 Å². The number of hydrogen-bond acceptors (Lipinski definition) is 4. The fourth-order valence-electron chi connectivity index (χ4n) is 0.339. The summed E-state index contributed by atoms with van der Waals surface area (Å²) in [6, 6.07) is 0. The van der Waals surface area contributed by atoms with Gasteiger partial charge in [-0.15, -0.1) is 25.3 Å². The van der Waals surface area contributed by atoms with Crippen molar-refractivity contribution in [1.29, 1.82) is 0 Å². The summed E-state index contributed by atoms with van der Waals surface area (Å²) in [7, 11) is 6.53. The second-order valence-corrected chi connectivity index (χ2v) is 5.75. The van der Waals surface area contributed by atoms with Gasteiger partial charge in [-0.1, -0.05) is 24.4 Å². The van der Waals surface area contributed by atoms with E-state index in [2.05, 4.69) is 60.3 Å². The molecule has 0 radical (unpaired) electrons. The Morgan fingerprint density at radius 2 is 1.10 bits per heavy atom.